The number of rotatable bonds is 8. The molecule has 0 aliphatic rings. The molecule has 30 heavy (non-hydrogen) atoms. The molecule has 2 aromatic carbocycles. The third kappa shape index (κ3) is 5.79. The first-order valence-electron chi connectivity index (χ1n) is 9.01. The predicted octanol–water partition coefficient (Wildman–Crippen LogP) is 3.58. The van der Waals surface area contributed by atoms with Crippen LogP contribution in [0.5, 0.6) is 0 Å². The van der Waals surface area contributed by atoms with E-state index in [0.717, 1.165) is 15.4 Å². The number of amides is 1. The summed E-state index contributed by atoms with van der Waals surface area (Å²) in [7, 11) is -3.95. The topological polar surface area (TPSA) is 92.0 Å². The van der Waals surface area contributed by atoms with Crippen LogP contribution in [0.1, 0.15) is 16.9 Å². The summed E-state index contributed by atoms with van der Waals surface area (Å²) in [6, 6.07) is 16.6. The number of nitrogens with zero attached hydrogens (tertiary/aromatic N) is 2. The second-order valence-corrected chi connectivity index (χ2v) is 8.90. The van der Waals surface area contributed by atoms with Gasteiger partial charge in [0.05, 0.1) is 23.9 Å². The molecule has 0 unspecified atom stereocenters. The van der Waals surface area contributed by atoms with Crippen molar-refractivity contribution in [3.8, 4) is 0 Å². The SMILES string of the molecule is Cc1cccc(CN(CC(=O)N/N=C\c2ccco2)S(=O)(=O)c2ccc(Cl)cc2)c1. The van der Waals surface area contributed by atoms with E-state index in [2.05, 4.69) is 10.5 Å². The standard InChI is InChI=1S/C21H20ClN3O4S/c1-16-4-2-5-17(12-16)14-25(30(27,28)20-9-7-18(22)8-10-20)15-21(26)24-23-13-19-6-3-11-29-19/h2-13H,14-15H2,1H3,(H,24,26)/b23-13-. The molecule has 9 heteroatoms. The summed E-state index contributed by atoms with van der Waals surface area (Å²) < 4.78 is 32.5. The molecule has 0 aliphatic heterocycles. The first-order chi connectivity index (χ1) is 14.3. The summed E-state index contributed by atoms with van der Waals surface area (Å²) in [4.78, 5) is 12.4. The number of nitrogens with one attached hydrogen (secondary N) is 1. The largest absolute Gasteiger partial charge is 0.463 e. The molecule has 1 N–H and O–H groups in total. The highest BCUT2D eigenvalue weighted by molar-refractivity contribution is 7.89. The first-order valence-corrected chi connectivity index (χ1v) is 10.8. The maximum Gasteiger partial charge on any atom is 0.255 e. The molecule has 0 saturated heterocycles. The number of hydrogen-bond acceptors (Lipinski definition) is 5. The lowest BCUT2D eigenvalue weighted by Crippen LogP contribution is -2.39. The van der Waals surface area contributed by atoms with Gasteiger partial charge in [-0.2, -0.15) is 9.41 Å². The highest BCUT2D eigenvalue weighted by Crippen LogP contribution is 2.20. The fourth-order valence-electron chi connectivity index (χ4n) is 2.72. The van der Waals surface area contributed by atoms with Crippen LogP contribution in [0.3, 0.4) is 0 Å². The van der Waals surface area contributed by atoms with E-state index in [9.17, 15) is 13.2 Å². The minimum atomic E-state index is -3.95. The lowest BCUT2D eigenvalue weighted by molar-refractivity contribution is -0.121. The van der Waals surface area contributed by atoms with Crippen molar-refractivity contribution in [1.29, 1.82) is 0 Å². The zero-order valence-electron chi connectivity index (χ0n) is 16.2. The lowest BCUT2D eigenvalue weighted by Gasteiger charge is -2.21. The molecule has 7 nitrogen and oxygen atoms in total. The van der Waals surface area contributed by atoms with Crippen LogP contribution < -0.4 is 5.43 Å². The molecule has 0 atom stereocenters. The monoisotopic (exact) mass is 445 g/mol. The van der Waals surface area contributed by atoms with Gasteiger partial charge >= 0.3 is 0 Å². The van der Waals surface area contributed by atoms with Gasteiger partial charge in [0.15, 0.2) is 0 Å². The Morgan fingerprint density at radius 2 is 1.93 bits per heavy atom. The molecule has 3 aromatic rings. The maximum atomic E-state index is 13.2. The van der Waals surface area contributed by atoms with Crippen molar-refractivity contribution in [3.63, 3.8) is 0 Å². The van der Waals surface area contributed by atoms with Gasteiger partial charge in [0.1, 0.15) is 5.76 Å². The van der Waals surface area contributed by atoms with Gasteiger partial charge in [-0.3, -0.25) is 4.79 Å². The fraction of sp³-hybridized carbons (Fsp3) is 0.143. The lowest BCUT2D eigenvalue weighted by atomic mass is 10.1. The van der Waals surface area contributed by atoms with Gasteiger partial charge < -0.3 is 4.42 Å². The number of hydrogen-bond donors (Lipinski definition) is 1. The maximum absolute atomic E-state index is 13.2. The van der Waals surface area contributed by atoms with Gasteiger partial charge in [-0.25, -0.2) is 13.8 Å². The summed E-state index contributed by atoms with van der Waals surface area (Å²) in [5.74, 6) is -0.122. The normalized spacial score (nSPS) is 11.8. The predicted molar refractivity (Wildman–Crippen MR) is 115 cm³/mol. The van der Waals surface area contributed by atoms with Gasteiger partial charge in [0.25, 0.3) is 5.91 Å². The molecule has 0 radical (unpaired) electrons. The Morgan fingerprint density at radius 1 is 1.17 bits per heavy atom. The number of benzene rings is 2. The quantitative estimate of drug-likeness (QED) is 0.423. The third-order valence-corrected chi connectivity index (χ3v) is 6.19. The van der Waals surface area contributed by atoms with E-state index in [1.54, 1.807) is 12.1 Å². The number of halogens is 1. The van der Waals surface area contributed by atoms with Crippen LogP contribution in [0, 0.1) is 6.92 Å². The molecule has 156 valence electrons. The zero-order valence-corrected chi connectivity index (χ0v) is 17.7. The number of sulfonamides is 1. The van der Waals surface area contributed by atoms with Crippen LogP contribution in [0.25, 0.3) is 0 Å². The van der Waals surface area contributed by atoms with E-state index in [4.69, 9.17) is 16.0 Å². The zero-order chi connectivity index (χ0) is 21.6. The van der Waals surface area contributed by atoms with Gasteiger partial charge in [-0.1, -0.05) is 41.4 Å². The van der Waals surface area contributed by atoms with E-state index >= 15 is 0 Å². The van der Waals surface area contributed by atoms with Crippen LogP contribution in [0.4, 0.5) is 0 Å². The second-order valence-electron chi connectivity index (χ2n) is 6.52. The number of carbonyl (C=O) groups excluding carboxylic acids is 1. The van der Waals surface area contributed by atoms with Gasteiger partial charge in [0.2, 0.25) is 10.0 Å². The van der Waals surface area contributed by atoms with Crippen LogP contribution in [-0.4, -0.2) is 31.4 Å². The van der Waals surface area contributed by atoms with Crippen molar-refractivity contribution >= 4 is 33.7 Å². The second kappa shape index (κ2) is 9.71. The Kier molecular flexibility index (Phi) is 7.04. The molecule has 0 bridgehead atoms. The summed E-state index contributed by atoms with van der Waals surface area (Å²) in [5.41, 5.74) is 4.08. The highest BCUT2D eigenvalue weighted by Gasteiger charge is 2.27. The van der Waals surface area contributed by atoms with Crippen molar-refractivity contribution in [1.82, 2.24) is 9.73 Å². The van der Waals surface area contributed by atoms with Crippen LogP contribution in [-0.2, 0) is 21.4 Å². The number of aryl methyl sites for hydroxylation is 1. The minimum Gasteiger partial charge on any atom is -0.463 e. The van der Waals surface area contributed by atoms with E-state index < -0.39 is 22.5 Å². The average Bonchev–Trinajstić information content (AvgIpc) is 3.21. The van der Waals surface area contributed by atoms with Gasteiger partial charge in [0, 0.05) is 11.6 Å². The Bertz CT molecular complexity index is 1130. The average molecular weight is 446 g/mol. The molecule has 0 saturated carbocycles. The molecule has 1 amide bonds. The van der Waals surface area contributed by atoms with Crippen LogP contribution >= 0.6 is 11.6 Å². The smallest absolute Gasteiger partial charge is 0.255 e. The number of carbonyl (C=O) groups is 1. The van der Waals surface area contributed by atoms with Crippen molar-refractivity contribution in [2.45, 2.75) is 18.4 Å². The van der Waals surface area contributed by atoms with E-state index in [1.807, 2.05) is 31.2 Å². The Balaban J connectivity index is 1.81. The summed E-state index contributed by atoms with van der Waals surface area (Å²) >= 11 is 5.88. The minimum absolute atomic E-state index is 0.0297. The molecule has 3 rings (SSSR count). The van der Waals surface area contributed by atoms with Crippen molar-refractivity contribution in [2.24, 2.45) is 5.10 Å². The van der Waals surface area contributed by atoms with E-state index in [-0.39, 0.29) is 11.4 Å². The number of furan rings is 1. The van der Waals surface area contributed by atoms with E-state index in [0.29, 0.717) is 10.8 Å². The van der Waals surface area contributed by atoms with Crippen LogP contribution in [0.15, 0.2) is 81.3 Å². The van der Waals surface area contributed by atoms with Gasteiger partial charge in [-0.05, 0) is 48.9 Å². The Labute approximate surface area is 180 Å². The molecular formula is C21H20ClN3O4S. The van der Waals surface area contributed by atoms with E-state index in [1.165, 1.54) is 36.7 Å². The Hall–Kier alpha value is -2.94. The number of hydrazone groups is 1. The molecule has 0 spiro atoms. The first kappa shape index (κ1) is 21.8. The highest BCUT2D eigenvalue weighted by atomic mass is 35.5. The molecule has 1 aromatic heterocycles. The summed E-state index contributed by atoms with van der Waals surface area (Å²) in [6.45, 7) is 1.54. The molecule has 1 heterocycles. The molecular weight excluding hydrogens is 426 g/mol. The third-order valence-electron chi connectivity index (χ3n) is 4.14. The van der Waals surface area contributed by atoms with Gasteiger partial charge in [-0.15, -0.1) is 0 Å². The fourth-order valence-corrected chi connectivity index (χ4v) is 4.23. The molecule has 0 aliphatic carbocycles. The molecule has 0 fully saturated rings. The van der Waals surface area contributed by atoms with Crippen molar-refractivity contribution < 1.29 is 17.6 Å². The summed E-state index contributed by atoms with van der Waals surface area (Å²) in [6.07, 6.45) is 2.81. The summed E-state index contributed by atoms with van der Waals surface area (Å²) in [5, 5.41) is 4.22. The van der Waals surface area contributed by atoms with Crippen LogP contribution in [0.2, 0.25) is 5.02 Å². The van der Waals surface area contributed by atoms with Crippen molar-refractivity contribution in [3.05, 3.63) is 88.8 Å². The Morgan fingerprint density at radius 3 is 2.60 bits per heavy atom. The van der Waals surface area contributed by atoms with Crippen molar-refractivity contribution in [2.75, 3.05) is 6.54 Å².